The number of nitrogens with zero attached hydrogens (tertiary/aromatic N) is 5. The quantitative estimate of drug-likeness (QED) is 0.752. The van der Waals surface area contributed by atoms with Crippen LogP contribution in [-0.4, -0.2) is 64.7 Å². The fourth-order valence-corrected chi connectivity index (χ4v) is 5.58. The van der Waals surface area contributed by atoms with Gasteiger partial charge in [0.2, 0.25) is 16.0 Å². The Kier molecular flexibility index (Phi) is 6.67. The molecule has 1 amide bonds. The number of carbonyl (C=O) groups excluding carboxylic acids is 1. The minimum absolute atomic E-state index is 0.0544. The van der Waals surface area contributed by atoms with Gasteiger partial charge in [-0.2, -0.15) is 4.52 Å². The number of aryl methyl sites for hydroxylation is 1. The van der Waals surface area contributed by atoms with Crippen LogP contribution in [0.1, 0.15) is 50.6 Å². The van der Waals surface area contributed by atoms with E-state index in [4.69, 9.17) is 0 Å². The SMILES string of the molecule is Cc1cc(=O)n2nc(N3CCC(C(=O)NCCN(C)C4CCCCC4)CC3)sc2n1. The van der Waals surface area contributed by atoms with E-state index in [-0.39, 0.29) is 17.4 Å². The van der Waals surface area contributed by atoms with Crippen LogP contribution in [0.3, 0.4) is 0 Å². The van der Waals surface area contributed by atoms with E-state index in [9.17, 15) is 9.59 Å². The van der Waals surface area contributed by atoms with E-state index in [0.717, 1.165) is 44.2 Å². The summed E-state index contributed by atoms with van der Waals surface area (Å²) in [5, 5.41) is 8.39. The normalized spacial score (nSPS) is 19.0. The number of rotatable bonds is 6. The number of amides is 1. The van der Waals surface area contributed by atoms with Crippen molar-refractivity contribution < 1.29 is 4.79 Å². The summed E-state index contributed by atoms with van der Waals surface area (Å²) in [5.41, 5.74) is 0.562. The molecule has 2 aromatic heterocycles. The lowest BCUT2D eigenvalue weighted by atomic mass is 9.94. The highest BCUT2D eigenvalue weighted by molar-refractivity contribution is 7.20. The fourth-order valence-electron chi connectivity index (χ4n) is 4.58. The van der Waals surface area contributed by atoms with Crippen molar-refractivity contribution >= 4 is 27.3 Å². The van der Waals surface area contributed by atoms with E-state index in [1.807, 2.05) is 6.92 Å². The molecule has 0 aromatic carbocycles. The van der Waals surface area contributed by atoms with Gasteiger partial charge < -0.3 is 15.1 Å². The molecule has 4 rings (SSSR count). The average molecular weight is 433 g/mol. The molecular weight excluding hydrogens is 400 g/mol. The first kappa shape index (κ1) is 21.2. The minimum atomic E-state index is -0.146. The molecule has 2 aliphatic rings. The molecule has 1 aliphatic carbocycles. The summed E-state index contributed by atoms with van der Waals surface area (Å²) in [6.07, 6.45) is 8.22. The Hall–Kier alpha value is -2.00. The van der Waals surface area contributed by atoms with Gasteiger partial charge in [0.1, 0.15) is 0 Å². The second-order valence-electron chi connectivity index (χ2n) is 8.64. The summed E-state index contributed by atoms with van der Waals surface area (Å²) in [5.74, 6) is 0.225. The van der Waals surface area contributed by atoms with Crippen LogP contribution < -0.4 is 15.8 Å². The van der Waals surface area contributed by atoms with Gasteiger partial charge >= 0.3 is 0 Å². The summed E-state index contributed by atoms with van der Waals surface area (Å²) in [4.78, 5) is 34.3. The van der Waals surface area contributed by atoms with Crippen LogP contribution in [0.25, 0.3) is 4.96 Å². The smallest absolute Gasteiger partial charge is 0.275 e. The third-order valence-electron chi connectivity index (χ3n) is 6.46. The highest BCUT2D eigenvalue weighted by Gasteiger charge is 2.27. The molecular formula is C21H32N6O2S. The number of fused-ring (bicyclic) bond motifs is 1. The second-order valence-corrected chi connectivity index (χ2v) is 9.57. The van der Waals surface area contributed by atoms with E-state index in [2.05, 4.69) is 32.2 Å². The third kappa shape index (κ3) is 4.83. The van der Waals surface area contributed by atoms with Crippen molar-refractivity contribution in [1.29, 1.82) is 0 Å². The van der Waals surface area contributed by atoms with Crippen molar-refractivity contribution in [2.75, 3.05) is 38.1 Å². The molecule has 1 saturated heterocycles. The van der Waals surface area contributed by atoms with Crippen molar-refractivity contribution in [1.82, 2.24) is 24.8 Å². The lowest BCUT2D eigenvalue weighted by Gasteiger charge is -2.32. The molecule has 1 aliphatic heterocycles. The zero-order valence-corrected chi connectivity index (χ0v) is 18.8. The van der Waals surface area contributed by atoms with Gasteiger partial charge in [-0.3, -0.25) is 9.59 Å². The largest absolute Gasteiger partial charge is 0.355 e. The Morgan fingerprint density at radius 3 is 2.70 bits per heavy atom. The van der Waals surface area contributed by atoms with Gasteiger partial charge in [0.25, 0.3) is 5.56 Å². The number of hydrogen-bond acceptors (Lipinski definition) is 7. The Morgan fingerprint density at radius 2 is 1.97 bits per heavy atom. The van der Waals surface area contributed by atoms with E-state index in [1.54, 1.807) is 0 Å². The van der Waals surface area contributed by atoms with E-state index < -0.39 is 0 Å². The molecule has 3 heterocycles. The molecule has 8 nitrogen and oxygen atoms in total. The van der Waals surface area contributed by atoms with Gasteiger partial charge in [-0.15, -0.1) is 5.10 Å². The average Bonchev–Trinajstić information content (AvgIpc) is 3.19. The topological polar surface area (TPSA) is 82.8 Å². The van der Waals surface area contributed by atoms with Crippen LogP contribution >= 0.6 is 11.3 Å². The first-order valence-electron chi connectivity index (χ1n) is 11.1. The van der Waals surface area contributed by atoms with Gasteiger partial charge in [-0.25, -0.2) is 4.98 Å². The molecule has 0 spiro atoms. The molecule has 1 N–H and O–H groups in total. The molecule has 0 radical (unpaired) electrons. The molecule has 1 saturated carbocycles. The monoisotopic (exact) mass is 432 g/mol. The summed E-state index contributed by atoms with van der Waals surface area (Å²) in [6, 6.07) is 2.18. The lowest BCUT2D eigenvalue weighted by molar-refractivity contribution is -0.125. The maximum absolute atomic E-state index is 12.6. The molecule has 2 aromatic rings. The maximum Gasteiger partial charge on any atom is 0.275 e. The van der Waals surface area contributed by atoms with Crippen molar-refractivity contribution in [2.24, 2.45) is 5.92 Å². The number of aromatic nitrogens is 3. The second kappa shape index (κ2) is 9.43. The van der Waals surface area contributed by atoms with Crippen molar-refractivity contribution in [2.45, 2.75) is 57.9 Å². The molecule has 2 fully saturated rings. The number of piperidine rings is 1. The summed E-state index contributed by atoms with van der Waals surface area (Å²) >= 11 is 1.43. The third-order valence-corrected chi connectivity index (χ3v) is 7.43. The summed E-state index contributed by atoms with van der Waals surface area (Å²) in [7, 11) is 2.18. The number of nitrogens with one attached hydrogen (secondary N) is 1. The molecule has 0 bridgehead atoms. The predicted octanol–water partition coefficient (Wildman–Crippen LogP) is 2.06. The highest BCUT2D eigenvalue weighted by Crippen LogP contribution is 2.27. The van der Waals surface area contributed by atoms with Crippen LogP contribution in [0.4, 0.5) is 5.13 Å². The maximum atomic E-state index is 12.6. The number of anilines is 1. The Morgan fingerprint density at radius 1 is 1.23 bits per heavy atom. The van der Waals surface area contributed by atoms with Crippen molar-refractivity contribution in [3.8, 4) is 0 Å². The standard InChI is InChI=1S/C21H32N6O2S/c1-15-14-18(28)27-20(23-15)30-21(24-27)26-11-8-16(9-12-26)19(29)22-10-13-25(2)17-6-4-3-5-7-17/h14,16-17H,3-13H2,1-2H3,(H,22,29). The lowest BCUT2D eigenvalue weighted by Crippen LogP contribution is -2.43. The van der Waals surface area contributed by atoms with Crippen molar-refractivity contribution in [3.05, 3.63) is 22.1 Å². The van der Waals surface area contributed by atoms with E-state index in [1.165, 1.54) is 54.0 Å². The summed E-state index contributed by atoms with van der Waals surface area (Å²) < 4.78 is 1.37. The van der Waals surface area contributed by atoms with Crippen LogP contribution in [0.5, 0.6) is 0 Å². The Balaban J connectivity index is 1.24. The molecule has 0 atom stereocenters. The first-order valence-corrected chi connectivity index (χ1v) is 11.9. The van der Waals surface area contributed by atoms with Gasteiger partial charge in [0.15, 0.2) is 0 Å². The molecule has 164 valence electrons. The molecule has 0 unspecified atom stereocenters. The number of carbonyl (C=O) groups is 1. The van der Waals surface area contributed by atoms with Crippen LogP contribution in [-0.2, 0) is 4.79 Å². The number of hydrogen-bond donors (Lipinski definition) is 1. The van der Waals surface area contributed by atoms with Crippen LogP contribution in [0, 0.1) is 12.8 Å². The van der Waals surface area contributed by atoms with Crippen molar-refractivity contribution in [3.63, 3.8) is 0 Å². The van der Waals surface area contributed by atoms with Crippen LogP contribution in [0.2, 0.25) is 0 Å². The van der Waals surface area contributed by atoms with E-state index in [0.29, 0.717) is 16.7 Å². The molecule has 9 heteroatoms. The Bertz CT molecular complexity index is 927. The van der Waals surface area contributed by atoms with E-state index >= 15 is 0 Å². The molecule has 30 heavy (non-hydrogen) atoms. The van der Waals surface area contributed by atoms with Gasteiger partial charge in [-0.05, 0) is 39.7 Å². The van der Waals surface area contributed by atoms with Gasteiger partial charge in [0, 0.05) is 49.9 Å². The Labute approximate surface area is 181 Å². The number of likely N-dealkylation sites (N-methyl/N-ethyl adjacent to an activating group) is 1. The van der Waals surface area contributed by atoms with Crippen LogP contribution in [0.15, 0.2) is 10.9 Å². The fraction of sp³-hybridized carbons (Fsp3) is 0.714. The van der Waals surface area contributed by atoms with Gasteiger partial charge in [-0.1, -0.05) is 30.6 Å². The zero-order valence-electron chi connectivity index (χ0n) is 18.0. The predicted molar refractivity (Wildman–Crippen MR) is 119 cm³/mol. The highest BCUT2D eigenvalue weighted by atomic mass is 32.1. The first-order chi connectivity index (χ1) is 14.5. The zero-order chi connectivity index (χ0) is 21.1. The summed E-state index contributed by atoms with van der Waals surface area (Å²) in [6.45, 7) is 5.00. The van der Waals surface area contributed by atoms with Gasteiger partial charge in [0.05, 0.1) is 0 Å². The minimum Gasteiger partial charge on any atom is -0.355 e.